The molecule has 0 aliphatic carbocycles. The number of nitrogens with zero attached hydrogens (tertiary/aromatic N) is 2. The molecule has 1 amide bonds. The van der Waals surface area contributed by atoms with Crippen LogP contribution >= 0.6 is 23.8 Å². The number of esters is 1. The molecule has 1 atom stereocenters. The van der Waals surface area contributed by atoms with Crippen molar-refractivity contribution in [2.75, 3.05) is 18.1 Å². The van der Waals surface area contributed by atoms with Gasteiger partial charge in [-0.3, -0.25) is 9.69 Å². The Hall–Kier alpha value is -1.66. The monoisotopic (exact) mass is 352 g/mol. The SMILES string of the molecule is CCCOC(=O)c1cc(N2C(=O)C3CCCN3C2=S)ccc1Cl. The first kappa shape index (κ1) is 16.2. The van der Waals surface area contributed by atoms with Gasteiger partial charge in [-0.25, -0.2) is 4.79 Å². The molecule has 2 saturated heterocycles. The van der Waals surface area contributed by atoms with Crippen molar-refractivity contribution in [3.8, 4) is 0 Å². The first-order valence-electron chi connectivity index (χ1n) is 7.66. The van der Waals surface area contributed by atoms with Crippen LogP contribution in [-0.4, -0.2) is 41.1 Å². The van der Waals surface area contributed by atoms with E-state index in [-0.39, 0.29) is 17.5 Å². The first-order valence-corrected chi connectivity index (χ1v) is 8.44. The smallest absolute Gasteiger partial charge is 0.339 e. The molecule has 7 heteroatoms. The van der Waals surface area contributed by atoms with E-state index in [0.29, 0.717) is 22.4 Å². The number of hydrogen-bond acceptors (Lipinski definition) is 4. The van der Waals surface area contributed by atoms with E-state index in [1.807, 2.05) is 11.8 Å². The lowest BCUT2D eigenvalue weighted by Gasteiger charge is -2.19. The highest BCUT2D eigenvalue weighted by Crippen LogP contribution is 2.33. The summed E-state index contributed by atoms with van der Waals surface area (Å²) in [6, 6.07) is 4.70. The summed E-state index contributed by atoms with van der Waals surface area (Å²) >= 11 is 11.5. The van der Waals surface area contributed by atoms with Gasteiger partial charge in [0, 0.05) is 6.54 Å². The van der Waals surface area contributed by atoms with Crippen molar-refractivity contribution in [2.24, 2.45) is 0 Å². The molecule has 2 heterocycles. The number of amides is 1. The zero-order chi connectivity index (χ0) is 16.6. The fraction of sp³-hybridized carbons (Fsp3) is 0.438. The van der Waals surface area contributed by atoms with E-state index >= 15 is 0 Å². The first-order chi connectivity index (χ1) is 11.0. The maximum absolute atomic E-state index is 12.6. The summed E-state index contributed by atoms with van der Waals surface area (Å²) in [6.45, 7) is 3.04. The van der Waals surface area contributed by atoms with Crippen molar-refractivity contribution in [2.45, 2.75) is 32.2 Å². The van der Waals surface area contributed by atoms with Crippen LogP contribution in [0.15, 0.2) is 18.2 Å². The molecule has 0 spiro atoms. The molecule has 5 nitrogen and oxygen atoms in total. The number of thiocarbonyl (C=S) groups is 1. The van der Waals surface area contributed by atoms with E-state index in [4.69, 9.17) is 28.6 Å². The van der Waals surface area contributed by atoms with Crippen LogP contribution in [0.25, 0.3) is 0 Å². The van der Waals surface area contributed by atoms with E-state index in [0.717, 1.165) is 25.8 Å². The summed E-state index contributed by atoms with van der Waals surface area (Å²) in [5.41, 5.74) is 0.808. The Balaban J connectivity index is 1.90. The molecule has 0 saturated carbocycles. The highest BCUT2D eigenvalue weighted by molar-refractivity contribution is 7.80. The Bertz CT molecular complexity index is 657. The van der Waals surface area contributed by atoms with Crippen molar-refractivity contribution in [1.29, 1.82) is 0 Å². The minimum absolute atomic E-state index is 0.0392. The van der Waals surface area contributed by atoms with Gasteiger partial charge in [0.05, 0.1) is 22.9 Å². The lowest BCUT2D eigenvalue weighted by Crippen LogP contribution is -2.33. The largest absolute Gasteiger partial charge is 0.462 e. The van der Waals surface area contributed by atoms with E-state index in [9.17, 15) is 9.59 Å². The minimum Gasteiger partial charge on any atom is -0.462 e. The topological polar surface area (TPSA) is 49.9 Å². The van der Waals surface area contributed by atoms with Crippen molar-refractivity contribution in [3.05, 3.63) is 28.8 Å². The normalized spacial score (nSPS) is 20.2. The number of carbonyl (C=O) groups is 2. The maximum atomic E-state index is 12.6. The van der Waals surface area contributed by atoms with Crippen molar-refractivity contribution in [3.63, 3.8) is 0 Å². The molecule has 1 unspecified atom stereocenters. The molecule has 2 aliphatic heterocycles. The minimum atomic E-state index is -0.489. The maximum Gasteiger partial charge on any atom is 0.339 e. The second-order valence-electron chi connectivity index (χ2n) is 5.61. The number of benzene rings is 1. The Morgan fingerprint density at radius 3 is 2.96 bits per heavy atom. The van der Waals surface area contributed by atoms with Crippen molar-refractivity contribution < 1.29 is 14.3 Å². The fourth-order valence-electron chi connectivity index (χ4n) is 2.94. The summed E-state index contributed by atoms with van der Waals surface area (Å²) in [5.74, 6) is -0.528. The van der Waals surface area contributed by atoms with Crippen LogP contribution in [0.2, 0.25) is 5.02 Å². The average molecular weight is 353 g/mol. The molecule has 23 heavy (non-hydrogen) atoms. The zero-order valence-electron chi connectivity index (χ0n) is 12.8. The second kappa shape index (κ2) is 6.45. The lowest BCUT2D eigenvalue weighted by atomic mass is 10.1. The van der Waals surface area contributed by atoms with Crippen LogP contribution < -0.4 is 4.90 Å². The molecule has 0 radical (unpaired) electrons. The molecule has 0 N–H and O–H groups in total. The molecular formula is C16H17ClN2O3S. The molecule has 1 aromatic rings. The number of halogens is 1. The van der Waals surface area contributed by atoms with Gasteiger partial charge in [-0.05, 0) is 49.7 Å². The summed E-state index contributed by atoms with van der Waals surface area (Å²) in [5, 5.41) is 0.792. The van der Waals surface area contributed by atoms with Gasteiger partial charge in [0.15, 0.2) is 5.11 Å². The molecule has 3 rings (SSSR count). The third kappa shape index (κ3) is 2.81. The number of fused-ring (bicyclic) bond motifs is 1. The Morgan fingerprint density at radius 1 is 1.48 bits per heavy atom. The van der Waals surface area contributed by atoms with E-state index < -0.39 is 5.97 Å². The summed E-state index contributed by atoms with van der Waals surface area (Å²) in [7, 11) is 0. The van der Waals surface area contributed by atoms with Gasteiger partial charge in [-0.1, -0.05) is 18.5 Å². The van der Waals surface area contributed by atoms with E-state index in [1.165, 1.54) is 4.90 Å². The Morgan fingerprint density at radius 2 is 2.26 bits per heavy atom. The lowest BCUT2D eigenvalue weighted by molar-refractivity contribution is -0.119. The van der Waals surface area contributed by atoms with Gasteiger partial charge in [-0.15, -0.1) is 0 Å². The van der Waals surface area contributed by atoms with Crippen LogP contribution in [0.1, 0.15) is 36.5 Å². The summed E-state index contributed by atoms with van der Waals surface area (Å²) in [6.07, 6.45) is 2.52. The van der Waals surface area contributed by atoms with Crippen LogP contribution in [0.5, 0.6) is 0 Å². The highest BCUT2D eigenvalue weighted by Gasteiger charge is 2.45. The van der Waals surface area contributed by atoms with Crippen LogP contribution in [0.4, 0.5) is 5.69 Å². The van der Waals surface area contributed by atoms with Gasteiger partial charge in [0.25, 0.3) is 5.91 Å². The number of ether oxygens (including phenoxy) is 1. The number of anilines is 1. The molecule has 0 aromatic heterocycles. The van der Waals surface area contributed by atoms with Gasteiger partial charge < -0.3 is 9.64 Å². The molecule has 0 bridgehead atoms. The molecule has 1 aromatic carbocycles. The van der Waals surface area contributed by atoms with Crippen LogP contribution in [0.3, 0.4) is 0 Å². The Labute approximate surface area is 145 Å². The number of hydrogen-bond donors (Lipinski definition) is 0. The number of carbonyl (C=O) groups excluding carboxylic acids is 2. The zero-order valence-corrected chi connectivity index (χ0v) is 14.3. The average Bonchev–Trinajstić information content (AvgIpc) is 3.11. The highest BCUT2D eigenvalue weighted by atomic mass is 35.5. The van der Waals surface area contributed by atoms with Crippen molar-refractivity contribution >= 4 is 46.5 Å². The molecule has 2 fully saturated rings. The van der Waals surface area contributed by atoms with Crippen LogP contribution in [-0.2, 0) is 9.53 Å². The predicted octanol–water partition coefficient (Wildman–Crippen LogP) is 3.00. The van der Waals surface area contributed by atoms with E-state index in [2.05, 4.69) is 0 Å². The fourth-order valence-corrected chi connectivity index (χ4v) is 3.55. The standard InChI is InChI=1S/C16H17ClN2O3S/c1-2-8-22-15(21)11-9-10(5-6-12(11)17)19-14(20)13-4-3-7-18(13)16(19)23/h5-6,9,13H,2-4,7-8H2,1H3. The summed E-state index contributed by atoms with van der Waals surface area (Å²) in [4.78, 5) is 28.1. The van der Waals surface area contributed by atoms with Gasteiger partial charge in [0.2, 0.25) is 0 Å². The predicted molar refractivity (Wildman–Crippen MR) is 91.8 cm³/mol. The van der Waals surface area contributed by atoms with Gasteiger partial charge >= 0.3 is 5.97 Å². The van der Waals surface area contributed by atoms with Gasteiger partial charge in [0.1, 0.15) is 6.04 Å². The quantitative estimate of drug-likeness (QED) is 0.616. The summed E-state index contributed by atoms with van der Waals surface area (Å²) < 4.78 is 5.13. The van der Waals surface area contributed by atoms with Crippen molar-refractivity contribution in [1.82, 2.24) is 4.90 Å². The third-order valence-corrected chi connectivity index (χ3v) is 4.81. The van der Waals surface area contributed by atoms with Crippen LogP contribution in [0, 0.1) is 0 Å². The third-order valence-electron chi connectivity index (χ3n) is 4.06. The second-order valence-corrected chi connectivity index (χ2v) is 6.38. The molecule has 2 aliphatic rings. The Kier molecular flexibility index (Phi) is 4.55. The number of rotatable bonds is 4. The molecular weight excluding hydrogens is 336 g/mol. The van der Waals surface area contributed by atoms with E-state index in [1.54, 1.807) is 18.2 Å². The van der Waals surface area contributed by atoms with Gasteiger partial charge in [-0.2, -0.15) is 0 Å². The molecule has 122 valence electrons.